The summed E-state index contributed by atoms with van der Waals surface area (Å²) >= 11 is 0. The summed E-state index contributed by atoms with van der Waals surface area (Å²) in [5.41, 5.74) is 2.77. The van der Waals surface area contributed by atoms with Gasteiger partial charge in [-0.05, 0) is 38.2 Å². The lowest BCUT2D eigenvalue weighted by Crippen LogP contribution is -2.38. The van der Waals surface area contributed by atoms with Gasteiger partial charge in [-0.1, -0.05) is 0 Å². The van der Waals surface area contributed by atoms with Crippen LogP contribution in [0.3, 0.4) is 0 Å². The number of ether oxygens (including phenoxy) is 1. The zero-order valence-corrected chi connectivity index (χ0v) is 20.3. The lowest BCUT2D eigenvalue weighted by atomic mass is 10.1. The minimum absolute atomic E-state index is 0.0599. The first kappa shape index (κ1) is 22.9. The number of hydrogen-bond acceptors (Lipinski definition) is 8. The Kier molecular flexibility index (Phi) is 6.02. The quantitative estimate of drug-likeness (QED) is 0.539. The molecule has 0 spiro atoms. The van der Waals surface area contributed by atoms with Crippen LogP contribution in [0.4, 0.5) is 17.2 Å². The first-order valence-corrected chi connectivity index (χ1v) is 12.5. The van der Waals surface area contributed by atoms with Gasteiger partial charge in [0.15, 0.2) is 0 Å². The SMILES string of the molecule is Cc1ncc(NC(=O)CN2CC3CCC2C3)cc1NC(=O)c1cnn2cc(N3CCOCC3)ncc12. The monoisotopic (exact) mass is 490 g/mol. The fraction of sp³-hybridized carbons (Fsp3) is 0.480. The summed E-state index contributed by atoms with van der Waals surface area (Å²) in [4.78, 5) is 39.1. The molecular formula is C25H30N8O3. The van der Waals surface area contributed by atoms with Crippen LogP contribution in [0, 0.1) is 12.8 Å². The number of morpholine rings is 1. The molecule has 1 saturated carbocycles. The van der Waals surface area contributed by atoms with E-state index >= 15 is 0 Å². The van der Waals surface area contributed by atoms with Crippen LogP contribution >= 0.6 is 0 Å². The van der Waals surface area contributed by atoms with Crippen molar-refractivity contribution in [1.82, 2.24) is 24.5 Å². The predicted octanol–water partition coefficient (Wildman–Crippen LogP) is 1.94. The number of anilines is 3. The van der Waals surface area contributed by atoms with Gasteiger partial charge in [0.2, 0.25) is 5.91 Å². The number of aromatic nitrogens is 4. The molecule has 11 heteroatoms. The van der Waals surface area contributed by atoms with Crippen molar-refractivity contribution in [3.05, 3.63) is 42.1 Å². The summed E-state index contributed by atoms with van der Waals surface area (Å²) in [6.07, 6.45) is 10.3. The molecule has 2 aliphatic heterocycles. The fourth-order valence-corrected chi connectivity index (χ4v) is 5.53. The second kappa shape index (κ2) is 9.47. The van der Waals surface area contributed by atoms with Crippen LogP contribution in [0.5, 0.6) is 0 Å². The second-order valence-electron chi connectivity index (χ2n) is 9.85. The number of fused-ring (bicyclic) bond motifs is 3. The lowest BCUT2D eigenvalue weighted by molar-refractivity contribution is -0.117. The van der Waals surface area contributed by atoms with Gasteiger partial charge in [-0.2, -0.15) is 5.10 Å². The van der Waals surface area contributed by atoms with Gasteiger partial charge in [0, 0.05) is 25.7 Å². The lowest BCUT2D eigenvalue weighted by Gasteiger charge is -2.27. The van der Waals surface area contributed by atoms with Crippen LogP contribution in [0.25, 0.3) is 5.52 Å². The van der Waals surface area contributed by atoms with E-state index < -0.39 is 0 Å². The molecule has 6 rings (SSSR count). The molecule has 1 aliphatic carbocycles. The standard InChI is InChI=1S/C25H30N8O3/c1-16-21(9-18(10-26-16)29-24(34)15-32-13-17-2-3-19(32)8-17)30-25(35)20-11-28-33-14-23(27-12-22(20)33)31-4-6-36-7-5-31/h9-12,14,17,19H,2-8,13,15H2,1H3,(H,29,34)(H,30,35). The number of nitrogens with one attached hydrogen (secondary N) is 2. The van der Waals surface area contributed by atoms with Gasteiger partial charge in [0.05, 0.1) is 72.7 Å². The maximum atomic E-state index is 13.1. The Bertz CT molecular complexity index is 1300. The molecule has 3 aliphatic rings. The highest BCUT2D eigenvalue weighted by Gasteiger charge is 2.38. The third kappa shape index (κ3) is 4.51. The van der Waals surface area contributed by atoms with Gasteiger partial charge in [-0.25, -0.2) is 9.50 Å². The van der Waals surface area contributed by atoms with Gasteiger partial charge >= 0.3 is 0 Å². The molecule has 36 heavy (non-hydrogen) atoms. The molecule has 11 nitrogen and oxygen atoms in total. The van der Waals surface area contributed by atoms with E-state index in [-0.39, 0.29) is 11.8 Å². The number of nitrogens with zero attached hydrogens (tertiary/aromatic N) is 6. The molecule has 0 radical (unpaired) electrons. The highest BCUT2D eigenvalue weighted by atomic mass is 16.5. The van der Waals surface area contributed by atoms with E-state index in [1.54, 1.807) is 23.0 Å². The Morgan fingerprint density at radius 1 is 1.11 bits per heavy atom. The molecule has 2 amide bonds. The fourth-order valence-electron chi connectivity index (χ4n) is 5.53. The first-order chi connectivity index (χ1) is 17.5. The predicted molar refractivity (Wildman–Crippen MR) is 134 cm³/mol. The minimum atomic E-state index is -0.313. The van der Waals surface area contributed by atoms with Gasteiger partial charge in [0.1, 0.15) is 5.82 Å². The summed E-state index contributed by atoms with van der Waals surface area (Å²) in [6, 6.07) is 2.28. The summed E-state index contributed by atoms with van der Waals surface area (Å²) in [5, 5.41) is 10.2. The topological polar surface area (TPSA) is 117 Å². The molecule has 2 bridgehead atoms. The van der Waals surface area contributed by atoms with Crippen LogP contribution in [0.15, 0.2) is 30.9 Å². The van der Waals surface area contributed by atoms with E-state index in [0.717, 1.165) is 31.4 Å². The molecule has 3 aromatic rings. The van der Waals surface area contributed by atoms with Crippen molar-refractivity contribution in [2.24, 2.45) is 5.92 Å². The molecule has 2 atom stereocenters. The number of carbonyl (C=O) groups excluding carboxylic acids is 2. The Balaban J connectivity index is 1.13. The average Bonchev–Trinajstić information content (AvgIpc) is 3.62. The first-order valence-electron chi connectivity index (χ1n) is 12.5. The van der Waals surface area contributed by atoms with Crippen molar-refractivity contribution < 1.29 is 14.3 Å². The number of piperidine rings is 1. The number of pyridine rings is 1. The van der Waals surface area contributed by atoms with Crippen LogP contribution in [0.2, 0.25) is 0 Å². The molecule has 0 aromatic carbocycles. The van der Waals surface area contributed by atoms with Crippen molar-refractivity contribution >= 4 is 34.5 Å². The van der Waals surface area contributed by atoms with Crippen molar-refractivity contribution in [3.63, 3.8) is 0 Å². The van der Waals surface area contributed by atoms with Gasteiger partial charge in [-0.15, -0.1) is 0 Å². The van der Waals surface area contributed by atoms with Crippen molar-refractivity contribution in [1.29, 1.82) is 0 Å². The van der Waals surface area contributed by atoms with E-state index in [4.69, 9.17) is 4.74 Å². The van der Waals surface area contributed by atoms with E-state index in [1.165, 1.54) is 25.5 Å². The molecular weight excluding hydrogens is 460 g/mol. The number of carbonyl (C=O) groups is 2. The minimum Gasteiger partial charge on any atom is -0.378 e. The van der Waals surface area contributed by atoms with Crippen LogP contribution in [0.1, 0.15) is 35.3 Å². The van der Waals surface area contributed by atoms with Gasteiger partial charge in [0.25, 0.3) is 5.91 Å². The second-order valence-corrected chi connectivity index (χ2v) is 9.85. The Morgan fingerprint density at radius 3 is 2.75 bits per heavy atom. The van der Waals surface area contributed by atoms with E-state index in [1.807, 2.05) is 13.1 Å². The number of aryl methyl sites for hydroxylation is 1. The molecule has 2 N–H and O–H groups in total. The molecule has 3 fully saturated rings. The highest BCUT2D eigenvalue weighted by Crippen LogP contribution is 2.37. The molecule has 3 aromatic heterocycles. The molecule has 2 saturated heterocycles. The number of rotatable bonds is 6. The van der Waals surface area contributed by atoms with Crippen LogP contribution in [-0.2, 0) is 9.53 Å². The summed E-state index contributed by atoms with van der Waals surface area (Å²) in [6.45, 7) is 6.08. The Morgan fingerprint density at radius 2 is 1.97 bits per heavy atom. The van der Waals surface area contributed by atoms with Crippen LogP contribution in [-0.4, -0.2) is 81.7 Å². The van der Waals surface area contributed by atoms with Crippen molar-refractivity contribution in [3.8, 4) is 0 Å². The van der Waals surface area contributed by atoms with Gasteiger partial charge in [-0.3, -0.25) is 19.5 Å². The van der Waals surface area contributed by atoms with Gasteiger partial charge < -0.3 is 20.3 Å². The number of amides is 2. The zero-order chi connectivity index (χ0) is 24.6. The average molecular weight is 491 g/mol. The molecule has 5 heterocycles. The van der Waals surface area contributed by atoms with E-state index in [2.05, 4.69) is 35.5 Å². The van der Waals surface area contributed by atoms with Crippen molar-refractivity contribution in [2.75, 3.05) is 54.9 Å². The summed E-state index contributed by atoms with van der Waals surface area (Å²) < 4.78 is 7.07. The Labute approximate surface area is 208 Å². The highest BCUT2D eigenvalue weighted by molar-refractivity contribution is 6.09. The third-order valence-electron chi connectivity index (χ3n) is 7.46. The molecule has 188 valence electrons. The van der Waals surface area contributed by atoms with Crippen molar-refractivity contribution in [2.45, 2.75) is 32.2 Å². The largest absolute Gasteiger partial charge is 0.378 e. The summed E-state index contributed by atoms with van der Waals surface area (Å²) in [7, 11) is 0. The smallest absolute Gasteiger partial charge is 0.259 e. The Hall–Kier alpha value is -3.57. The maximum Gasteiger partial charge on any atom is 0.259 e. The number of likely N-dealkylation sites (tertiary alicyclic amines) is 1. The number of hydrogen-bond donors (Lipinski definition) is 2. The van der Waals surface area contributed by atoms with E-state index in [0.29, 0.717) is 53.9 Å². The van der Waals surface area contributed by atoms with E-state index in [9.17, 15) is 9.59 Å². The molecule has 2 unspecified atom stereocenters. The zero-order valence-electron chi connectivity index (χ0n) is 20.3. The maximum absolute atomic E-state index is 13.1. The third-order valence-corrected chi connectivity index (χ3v) is 7.46. The summed E-state index contributed by atoms with van der Waals surface area (Å²) in [5.74, 6) is 1.17. The van der Waals surface area contributed by atoms with Crippen LogP contribution < -0.4 is 15.5 Å². The normalized spacial score (nSPS) is 21.8.